The average Bonchev–Trinajstić information content (AvgIpc) is 3.05. The number of para-hydroxylation sites is 1. The Kier molecular flexibility index (Phi) is 2.75. The molecule has 0 spiro atoms. The predicted molar refractivity (Wildman–Crippen MR) is 65.5 cm³/mol. The van der Waals surface area contributed by atoms with Crippen molar-refractivity contribution >= 4 is 16.9 Å². The fraction of sp³-hybridized carbons (Fsp3) is 0.154. The van der Waals surface area contributed by atoms with Crippen molar-refractivity contribution in [1.29, 1.82) is 0 Å². The van der Waals surface area contributed by atoms with E-state index in [9.17, 15) is 4.79 Å². The smallest absolute Gasteiger partial charge is 0.397 e. The first-order valence-corrected chi connectivity index (χ1v) is 5.77. The molecule has 2 heterocycles. The molecule has 0 N–H and O–H groups in total. The summed E-state index contributed by atoms with van der Waals surface area (Å²) in [4.78, 5) is 15.4. The Hall–Kier alpha value is -2.63. The molecule has 0 aliphatic rings. The van der Waals surface area contributed by atoms with E-state index in [1.165, 1.54) is 0 Å². The van der Waals surface area contributed by atoms with Crippen molar-refractivity contribution in [2.75, 3.05) is 6.61 Å². The molecule has 2 aromatic heterocycles. The fourth-order valence-electron chi connectivity index (χ4n) is 1.69. The van der Waals surface area contributed by atoms with Gasteiger partial charge >= 0.3 is 11.9 Å². The van der Waals surface area contributed by atoms with E-state index >= 15 is 0 Å². The molecule has 0 saturated carbocycles. The standard InChI is InChI=1S/C13H10N2O4/c1-2-17-13(16)12-14-11(15-19-12)10-7-8-5-3-4-6-9(8)18-10/h3-7H,2H2,1H3. The number of hydrogen-bond acceptors (Lipinski definition) is 6. The highest BCUT2D eigenvalue weighted by Crippen LogP contribution is 2.25. The number of benzene rings is 1. The summed E-state index contributed by atoms with van der Waals surface area (Å²) in [6.45, 7) is 1.95. The van der Waals surface area contributed by atoms with Crippen LogP contribution in [0.4, 0.5) is 0 Å². The summed E-state index contributed by atoms with van der Waals surface area (Å²) < 4.78 is 15.2. The molecule has 0 aliphatic carbocycles. The van der Waals surface area contributed by atoms with Crippen molar-refractivity contribution in [2.45, 2.75) is 6.92 Å². The Bertz CT molecular complexity index is 696. The van der Waals surface area contributed by atoms with Crippen LogP contribution in [0.1, 0.15) is 17.6 Å². The SMILES string of the molecule is CCOC(=O)c1nc(-c2cc3ccccc3o2)no1. The van der Waals surface area contributed by atoms with E-state index in [1.54, 1.807) is 13.0 Å². The van der Waals surface area contributed by atoms with Gasteiger partial charge in [0.1, 0.15) is 5.58 Å². The van der Waals surface area contributed by atoms with Crippen LogP contribution >= 0.6 is 0 Å². The minimum atomic E-state index is -0.641. The van der Waals surface area contributed by atoms with Gasteiger partial charge in [0.25, 0.3) is 0 Å². The topological polar surface area (TPSA) is 78.4 Å². The molecule has 0 aliphatic heterocycles. The number of hydrogen-bond donors (Lipinski definition) is 0. The lowest BCUT2D eigenvalue weighted by Crippen LogP contribution is -2.04. The highest BCUT2D eigenvalue weighted by atomic mass is 16.6. The number of carbonyl (C=O) groups is 1. The molecule has 0 saturated heterocycles. The van der Waals surface area contributed by atoms with Crippen LogP contribution in [0.25, 0.3) is 22.6 Å². The zero-order chi connectivity index (χ0) is 13.2. The monoisotopic (exact) mass is 258 g/mol. The highest BCUT2D eigenvalue weighted by Gasteiger charge is 2.19. The van der Waals surface area contributed by atoms with Crippen molar-refractivity contribution in [3.8, 4) is 11.6 Å². The summed E-state index contributed by atoms with van der Waals surface area (Å²) in [5.74, 6) is -0.158. The molecule has 0 bridgehead atoms. The van der Waals surface area contributed by atoms with Gasteiger partial charge in [-0.15, -0.1) is 0 Å². The number of ether oxygens (including phenoxy) is 1. The van der Waals surface area contributed by atoms with E-state index in [1.807, 2.05) is 24.3 Å². The number of fused-ring (bicyclic) bond motifs is 1. The Balaban J connectivity index is 1.96. The van der Waals surface area contributed by atoms with Crippen LogP contribution in [0.5, 0.6) is 0 Å². The number of esters is 1. The lowest BCUT2D eigenvalue weighted by Gasteiger charge is -1.93. The first-order valence-electron chi connectivity index (χ1n) is 5.77. The van der Waals surface area contributed by atoms with Crippen LogP contribution < -0.4 is 0 Å². The maximum absolute atomic E-state index is 11.4. The van der Waals surface area contributed by atoms with Crippen LogP contribution in [0, 0.1) is 0 Å². The first kappa shape index (κ1) is 11.5. The zero-order valence-electron chi connectivity index (χ0n) is 10.1. The Morgan fingerprint density at radius 3 is 3.00 bits per heavy atom. The number of aromatic nitrogens is 2. The van der Waals surface area contributed by atoms with Crippen LogP contribution in [0.3, 0.4) is 0 Å². The molecule has 96 valence electrons. The number of nitrogens with zero attached hydrogens (tertiary/aromatic N) is 2. The summed E-state index contributed by atoms with van der Waals surface area (Å²) in [7, 11) is 0. The van der Waals surface area contributed by atoms with Crippen LogP contribution in [0.2, 0.25) is 0 Å². The summed E-state index contributed by atoms with van der Waals surface area (Å²) in [5.41, 5.74) is 0.722. The molecular formula is C13H10N2O4. The number of furan rings is 1. The minimum absolute atomic E-state index is 0.183. The van der Waals surface area contributed by atoms with Gasteiger partial charge in [0, 0.05) is 5.39 Å². The second-order valence-corrected chi connectivity index (χ2v) is 3.79. The van der Waals surface area contributed by atoms with Crippen molar-refractivity contribution < 1.29 is 18.5 Å². The van der Waals surface area contributed by atoms with E-state index in [-0.39, 0.29) is 18.3 Å². The second kappa shape index (κ2) is 4.56. The van der Waals surface area contributed by atoms with Crippen molar-refractivity contribution in [2.24, 2.45) is 0 Å². The summed E-state index contributed by atoms with van der Waals surface area (Å²) in [6, 6.07) is 9.31. The van der Waals surface area contributed by atoms with Gasteiger partial charge in [0.15, 0.2) is 5.76 Å². The van der Waals surface area contributed by atoms with Crippen molar-refractivity contribution in [3.63, 3.8) is 0 Å². The molecule has 0 atom stereocenters. The average molecular weight is 258 g/mol. The molecule has 3 rings (SSSR count). The Morgan fingerprint density at radius 1 is 1.37 bits per heavy atom. The summed E-state index contributed by atoms with van der Waals surface area (Å²) in [5, 5.41) is 4.63. The molecule has 0 fully saturated rings. The zero-order valence-corrected chi connectivity index (χ0v) is 10.1. The second-order valence-electron chi connectivity index (χ2n) is 3.79. The Morgan fingerprint density at radius 2 is 2.21 bits per heavy atom. The molecule has 1 aromatic carbocycles. The molecule has 6 heteroatoms. The van der Waals surface area contributed by atoms with E-state index in [2.05, 4.69) is 10.1 Å². The molecule has 0 amide bonds. The van der Waals surface area contributed by atoms with Crippen LogP contribution in [0.15, 0.2) is 39.3 Å². The van der Waals surface area contributed by atoms with Gasteiger partial charge in [-0.05, 0) is 19.1 Å². The molecule has 19 heavy (non-hydrogen) atoms. The highest BCUT2D eigenvalue weighted by molar-refractivity contribution is 5.85. The van der Waals surface area contributed by atoms with E-state index in [0.29, 0.717) is 5.76 Å². The summed E-state index contributed by atoms with van der Waals surface area (Å²) in [6.07, 6.45) is 0. The van der Waals surface area contributed by atoms with E-state index < -0.39 is 5.97 Å². The molecule has 3 aromatic rings. The van der Waals surface area contributed by atoms with E-state index in [0.717, 1.165) is 11.0 Å². The normalized spacial score (nSPS) is 10.8. The minimum Gasteiger partial charge on any atom is -0.459 e. The van der Waals surface area contributed by atoms with Gasteiger partial charge in [0.05, 0.1) is 6.61 Å². The first-order chi connectivity index (χ1) is 9.28. The number of rotatable bonds is 3. The summed E-state index contributed by atoms with van der Waals surface area (Å²) >= 11 is 0. The lowest BCUT2D eigenvalue weighted by molar-refractivity contribution is 0.0470. The van der Waals surface area contributed by atoms with Gasteiger partial charge < -0.3 is 13.7 Å². The van der Waals surface area contributed by atoms with Crippen molar-refractivity contribution in [3.05, 3.63) is 36.2 Å². The van der Waals surface area contributed by atoms with Crippen LogP contribution in [-0.4, -0.2) is 22.7 Å². The predicted octanol–water partition coefficient (Wildman–Crippen LogP) is 2.66. The quantitative estimate of drug-likeness (QED) is 0.672. The van der Waals surface area contributed by atoms with E-state index in [4.69, 9.17) is 13.7 Å². The van der Waals surface area contributed by atoms with Gasteiger partial charge in [-0.25, -0.2) is 4.79 Å². The lowest BCUT2D eigenvalue weighted by atomic mass is 10.2. The number of carbonyl (C=O) groups excluding carboxylic acids is 1. The van der Waals surface area contributed by atoms with Crippen molar-refractivity contribution in [1.82, 2.24) is 10.1 Å². The molecule has 6 nitrogen and oxygen atoms in total. The third-order valence-corrected chi connectivity index (χ3v) is 2.52. The Labute approximate surface area is 108 Å². The van der Waals surface area contributed by atoms with Gasteiger partial charge in [0.2, 0.25) is 5.82 Å². The third kappa shape index (κ3) is 2.08. The molecular weight excluding hydrogens is 248 g/mol. The molecule has 0 radical (unpaired) electrons. The fourth-order valence-corrected chi connectivity index (χ4v) is 1.69. The maximum atomic E-state index is 11.4. The van der Waals surface area contributed by atoms with Gasteiger partial charge in [-0.2, -0.15) is 4.98 Å². The third-order valence-electron chi connectivity index (χ3n) is 2.52. The van der Waals surface area contributed by atoms with Gasteiger partial charge in [-0.1, -0.05) is 23.4 Å². The maximum Gasteiger partial charge on any atom is 0.397 e. The largest absolute Gasteiger partial charge is 0.459 e. The van der Waals surface area contributed by atoms with Crippen LogP contribution in [-0.2, 0) is 4.74 Å². The van der Waals surface area contributed by atoms with Gasteiger partial charge in [-0.3, -0.25) is 0 Å². The molecule has 0 unspecified atom stereocenters.